The van der Waals surface area contributed by atoms with Crippen molar-refractivity contribution >= 4 is 23.5 Å². The van der Waals surface area contributed by atoms with Gasteiger partial charge in [0.2, 0.25) is 11.8 Å². The fraction of sp³-hybridized carbons (Fsp3) is 0.357. The summed E-state index contributed by atoms with van der Waals surface area (Å²) >= 11 is 0. The van der Waals surface area contributed by atoms with Crippen molar-refractivity contribution in [2.45, 2.75) is 12.8 Å². The zero-order valence-electron chi connectivity index (χ0n) is 11.5. The van der Waals surface area contributed by atoms with E-state index in [9.17, 15) is 23.2 Å². The summed E-state index contributed by atoms with van der Waals surface area (Å²) < 4.78 is 26.4. The minimum absolute atomic E-state index is 0.000626. The maximum absolute atomic E-state index is 13.2. The Kier molecular flexibility index (Phi) is 4.69. The van der Waals surface area contributed by atoms with Gasteiger partial charge >= 0.3 is 5.97 Å². The Balaban J connectivity index is 2.01. The first-order valence-electron chi connectivity index (χ1n) is 6.63. The molecule has 22 heavy (non-hydrogen) atoms. The smallest absolute Gasteiger partial charge is 0.305 e. The number of carbonyl (C=O) groups excluding carboxylic acids is 2. The lowest BCUT2D eigenvalue weighted by atomic mass is 10.1. The van der Waals surface area contributed by atoms with Gasteiger partial charge < -0.3 is 15.3 Å². The average Bonchev–Trinajstić information content (AvgIpc) is 2.79. The van der Waals surface area contributed by atoms with Crippen LogP contribution in [0, 0.1) is 17.6 Å². The first-order valence-corrected chi connectivity index (χ1v) is 6.63. The largest absolute Gasteiger partial charge is 0.481 e. The Labute approximate surface area is 124 Å². The van der Waals surface area contributed by atoms with Crippen molar-refractivity contribution in [2.75, 3.05) is 18.0 Å². The van der Waals surface area contributed by atoms with Crippen LogP contribution >= 0.6 is 0 Å². The van der Waals surface area contributed by atoms with Gasteiger partial charge in [0.05, 0.1) is 12.3 Å². The highest BCUT2D eigenvalue weighted by Gasteiger charge is 2.35. The Morgan fingerprint density at radius 3 is 2.50 bits per heavy atom. The maximum atomic E-state index is 13.2. The van der Waals surface area contributed by atoms with Gasteiger partial charge in [-0.1, -0.05) is 0 Å². The predicted octanol–water partition coefficient (Wildman–Crippen LogP) is 0.909. The summed E-state index contributed by atoms with van der Waals surface area (Å²) in [6, 6.07) is 2.73. The minimum atomic E-state index is -1.04. The van der Waals surface area contributed by atoms with Crippen molar-refractivity contribution in [1.29, 1.82) is 0 Å². The first kappa shape index (κ1) is 15.9. The lowest BCUT2D eigenvalue weighted by Crippen LogP contribution is -2.34. The van der Waals surface area contributed by atoms with E-state index in [1.54, 1.807) is 0 Å². The monoisotopic (exact) mass is 312 g/mol. The van der Waals surface area contributed by atoms with Crippen LogP contribution in [0.2, 0.25) is 0 Å². The number of carboxylic acids is 1. The molecule has 1 fully saturated rings. The predicted molar refractivity (Wildman–Crippen MR) is 72.1 cm³/mol. The standard InChI is InChI=1S/C14H14F2N2O4/c15-9-4-10(16)6-11(5-9)18-7-8(3-12(18)19)14(22)17-2-1-13(20)21/h4-6,8H,1-3,7H2,(H,17,22)(H,20,21). The number of halogens is 2. The second-order valence-corrected chi connectivity index (χ2v) is 4.97. The molecule has 6 nitrogen and oxygen atoms in total. The second kappa shape index (κ2) is 6.50. The average molecular weight is 312 g/mol. The Morgan fingerprint density at radius 2 is 1.91 bits per heavy atom. The number of nitrogens with zero attached hydrogens (tertiary/aromatic N) is 1. The molecule has 1 atom stereocenters. The third-order valence-corrected chi connectivity index (χ3v) is 3.29. The molecule has 1 aromatic carbocycles. The first-order chi connectivity index (χ1) is 10.4. The van der Waals surface area contributed by atoms with Crippen LogP contribution in [0.4, 0.5) is 14.5 Å². The van der Waals surface area contributed by atoms with E-state index in [0.29, 0.717) is 6.07 Å². The molecule has 1 saturated heterocycles. The molecular weight excluding hydrogens is 298 g/mol. The van der Waals surface area contributed by atoms with E-state index in [2.05, 4.69) is 5.32 Å². The molecule has 2 N–H and O–H groups in total. The van der Waals surface area contributed by atoms with Crippen molar-refractivity contribution in [3.63, 3.8) is 0 Å². The highest BCUT2D eigenvalue weighted by Crippen LogP contribution is 2.26. The Bertz CT molecular complexity index is 601. The van der Waals surface area contributed by atoms with Crippen molar-refractivity contribution in [1.82, 2.24) is 5.32 Å². The zero-order valence-corrected chi connectivity index (χ0v) is 11.5. The fourth-order valence-corrected chi connectivity index (χ4v) is 2.26. The lowest BCUT2D eigenvalue weighted by molar-refractivity contribution is -0.137. The van der Waals surface area contributed by atoms with Gasteiger partial charge in [0.1, 0.15) is 11.6 Å². The molecule has 8 heteroatoms. The quantitative estimate of drug-likeness (QED) is 0.846. The van der Waals surface area contributed by atoms with Crippen molar-refractivity contribution < 1.29 is 28.3 Å². The number of aliphatic carboxylic acids is 1. The summed E-state index contributed by atoms with van der Waals surface area (Å²) in [4.78, 5) is 35.3. The Morgan fingerprint density at radius 1 is 1.27 bits per heavy atom. The second-order valence-electron chi connectivity index (χ2n) is 4.97. The van der Waals surface area contributed by atoms with E-state index in [1.165, 1.54) is 0 Å². The molecule has 118 valence electrons. The molecule has 0 aliphatic carbocycles. The van der Waals surface area contributed by atoms with E-state index < -0.39 is 35.3 Å². The summed E-state index contributed by atoms with van der Waals surface area (Å²) in [6.45, 7) is -0.0336. The van der Waals surface area contributed by atoms with Gasteiger partial charge in [-0.05, 0) is 12.1 Å². The summed E-state index contributed by atoms with van der Waals surface area (Å²) in [5, 5.41) is 10.9. The molecule has 0 aromatic heterocycles. The summed E-state index contributed by atoms with van der Waals surface area (Å²) in [6.07, 6.45) is -0.303. The molecule has 1 aliphatic rings. The normalized spacial score (nSPS) is 17.6. The van der Waals surface area contributed by atoms with E-state index in [1.807, 2.05) is 0 Å². The van der Waals surface area contributed by atoms with Crippen molar-refractivity contribution in [2.24, 2.45) is 5.92 Å². The van der Waals surface area contributed by atoms with Gasteiger partial charge in [-0.3, -0.25) is 14.4 Å². The Hall–Kier alpha value is -2.51. The number of anilines is 1. The van der Waals surface area contributed by atoms with Crippen LogP contribution in [0.1, 0.15) is 12.8 Å². The number of carbonyl (C=O) groups is 3. The highest BCUT2D eigenvalue weighted by atomic mass is 19.1. The molecule has 2 rings (SSSR count). The van der Waals surface area contributed by atoms with Crippen molar-refractivity contribution in [3.8, 4) is 0 Å². The third-order valence-electron chi connectivity index (χ3n) is 3.29. The van der Waals surface area contributed by atoms with Crippen LogP contribution in [-0.4, -0.2) is 36.0 Å². The van der Waals surface area contributed by atoms with Gasteiger partial charge in [-0.2, -0.15) is 0 Å². The van der Waals surface area contributed by atoms with Gasteiger partial charge in [-0.25, -0.2) is 8.78 Å². The number of carboxylic acid groups (broad SMARTS) is 1. The number of amides is 2. The van der Waals surface area contributed by atoms with Crippen LogP contribution < -0.4 is 10.2 Å². The molecule has 1 aromatic rings. The van der Waals surface area contributed by atoms with E-state index in [-0.39, 0.29) is 31.6 Å². The SMILES string of the molecule is O=C(O)CCNC(=O)C1CC(=O)N(c2cc(F)cc(F)c2)C1. The molecule has 0 bridgehead atoms. The molecule has 0 spiro atoms. The van der Waals surface area contributed by atoms with Crippen LogP contribution in [0.5, 0.6) is 0 Å². The third kappa shape index (κ3) is 3.78. The number of nitrogens with one attached hydrogen (secondary N) is 1. The van der Waals surface area contributed by atoms with Crippen LogP contribution in [-0.2, 0) is 14.4 Å². The van der Waals surface area contributed by atoms with Crippen LogP contribution in [0.25, 0.3) is 0 Å². The van der Waals surface area contributed by atoms with Gasteiger partial charge in [0, 0.05) is 31.3 Å². The lowest BCUT2D eigenvalue weighted by Gasteiger charge is -2.17. The maximum Gasteiger partial charge on any atom is 0.305 e. The van der Waals surface area contributed by atoms with E-state index in [0.717, 1.165) is 17.0 Å². The number of hydrogen-bond donors (Lipinski definition) is 2. The molecule has 1 unspecified atom stereocenters. The van der Waals surface area contributed by atoms with E-state index >= 15 is 0 Å². The molecule has 1 heterocycles. The summed E-state index contributed by atoms with van der Waals surface area (Å²) in [5.41, 5.74) is 0.0586. The number of hydrogen-bond acceptors (Lipinski definition) is 3. The molecule has 1 aliphatic heterocycles. The molecular formula is C14H14F2N2O4. The van der Waals surface area contributed by atoms with Gasteiger partial charge in [-0.15, -0.1) is 0 Å². The number of rotatable bonds is 5. The zero-order chi connectivity index (χ0) is 16.3. The number of benzene rings is 1. The summed E-state index contributed by atoms with van der Waals surface area (Å²) in [5.74, 6) is -4.20. The van der Waals surface area contributed by atoms with E-state index in [4.69, 9.17) is 5.11 Å². The molecule has 2 amide bonds. The highest BCUT2D eigenvalue weighted by molar-refractivity contribution is 6.00. The molecule has 0 saturated carbocycles. The van der Waals surface area contributed by atoms with Gasteiger partial charge in [0.25, 0.3) is 0 Å². The fourth-order valence-electron chi connectivity index (χ4n) is 2.26. The van der Waals surface area contributed by atoms with Crippen molar-refractivity contribution in [3.05, 3.63) is 29.8 Å². The summed E-state index contributed by atoms with van der Waals surface area (Å²) in [7, 11) is 0. The van der Waals surface area contributed by atoms with Gasteiger partial charge in [0.15, 0.2) is 0 Å². The molecule has 0 radical (unpaired) electrons. The topological polar surface area (TPSA) is 86.7 Å². The minimum Gasteiger partial charge on any atom is -0.481 e. The van der Waals surface area contributed by atoms with Crippen LogP contribution in [0.15, 0.2) is 18.2 Å². The van der Waals surface area contributed by atoms with Crippen LogP contribution in [0.3, 0.4) is 0 Å².